The van der Waals surface area contributed by atoms with Gasteiger partial charge < -0.3 is 24.0 Å². The number of hydrogen-bond acceptors (Lipinski definition) is 7. The average Bonchev–Trinajstić information content (AvgIpc) is 3.21. The molecule has 2 aromatic rings. The lowest BCUT2D eigenvalue weighted by Crippen LogP contribution is -2.64. The summed E-state index contributed by atoms with van der Waals surface area (Å²) in [6.07, 6.45) is 9.84. The summed E-state index contributed by atoms with van der Waals surface area (Å²) in [7, 11) is -0.112. The number of aryl methyl sites for hydroxylation is 1. The van der Waals surface area contributed by atoms with Gasteiger partial charge in [-0.1, -0.05) is 36.7 Å². The fourth-order valence-electron chi connectivity index (χ4n) is 8.68. The van der Waals surface area contributed by atoms with Crippen molar-refractivity contribution in [1.82, 2.24) is 9.62 Å². The van der Waals surface area contributed by atoms with E-state index < -0.39 is 21.9 Å². The minimum Gasteiger partial charge on any atom is -0.490 e. The van der Waals surface area contributed by atoms with Crippen molar-refractivity contribution in [2.45, 2.75) is 76.0 Å². The van der Waals surface area contributed by atoms with Gasteiger partial charge in [-0.05, 0) is 105 Å². The van der Waals surface area contributed by atoms with Gasteiger partial charge in [-0.25, -0.2) is 9.00 Å². The van der Waals surface area contributed by atoms with Crippen LogP contribution in [0.4, 0.5) is 10.5 Å². The third kappa shape index (κ3) is 6.78. The zero-order valence-corrected chi connectivity index (χ0v) is 31.0. The first kappa shape index (κ1) is 35.3. The van der Waals surface area contributed by atoms with E-state index in [2.05, 4.69) is 38.3 Å². The smallest absolute Gasteiger partial charge is 0.330 e. The van der Waals surface area contributed by atoms with Gasteiger partial charge in [0.2, 0.25) is 0 Å². The SMILES string of the molecule is CO[C@H]1/C=C/C[C@H](C)CS(=O)(NC(=O)N2C[C@@H](OC)[C@@H]2C)=NC(=O)c2ccc3c(c2)N(C[C@@H]2CC[C@H]21)C[C@@]1(CCCc2cc(Cl)ccc21)CO3. The Morgan fingerprint density at radius 3 is 2.70 bits per heavy atom. The number of nitrogens with one attached hydrogen (secondary N) is 1. The predicted molar refractivity (Wildman–Crippen MR) is 195 cm³/mol. The zero-order valence-electron chi connectivity index (χ0n) is 29.4. The summed E-state index contributed by atoms with van der Waals surface area (Å²) in [5, 5.41) is 0.743. The molecule has 50 heavy (non-hydrogen) atoms. The maximum absolute atomic E-state index is 14.5. The number of hydrogen-bond donors (Lipinski definition) is 1. The molecule has 0 radical (unpaired) electrons. The summed E-state index contributed by atoms with van der Waals surface area (Å²) < 4.78 is 39.6. The predicted octanol–water partition coefficient (Wildman–Crippen LogP) is 6.40. The Morgan fingerprint density at radius 1 is 1.12 bits per heavy atom. The largest absolute Gasteiger partial charge is 0.490 e. The van der Waals surface area contributed by atoms with Gasteiger partial charge in [0, 0.05) is 43.3 Å². The molecule has 10 nitrogen and oxygen atoms in total. The lowest BCUT2D eigenvalue weighted by Gasteiger charge is -2.46. The maximum Gasteiger partial charge on any atom is 0.330 e. The minimum atomic E-state index is -3.49. The molecule has 8 atom stereocenters. The van der Waals surface area contributed by atoms with Crippen molar-refractivity contribution < 1.29 is 28.0 Å². The molecular weight excluding hydrogens is 676 g/mol. The number of rotatable bonds is 3. The summed E-state index contributed by atoms with van der Waals surface area (Å²) >= 11 is 6.45. The van der Waals surface area contributed by atoms with Crippen LogP contribution in [0.25, 0.3) is 0 Å². The molecule has 3 amide bonds. The van der Waals surface area contributed by atoms with Crippen LogP contribution in [0.1, 0.15) is 67.4 Å². The first-order valence-electron chi connectivity index (χ1n) is 17.9. The molecule has 1 unspecified atom stereocenters. The number of fused-ring (bicyclic) bond motifs is 4. The fourth-order valence-corrected chi connectivity index (χ4v) is 10.7. The van der Waals surface area contributed by atoms with Crippen molar-refractivity contribution >= 4 is 39.1 Å². The lowest BCUT2D eigenvalue weighted by molar-refractivity contribution is -0.0508. The van der Waals surface area contributed by atoms with Gasteiger partial charge in [-0.2, -0.15) is 0 Å². The summed E-state index contributed by atoms with van der Waals surface area (Å²) in [4.78, 5) is 31.3. The van der Waals surface area contributed by atoms with Crippen molar-refractivity contribution in [3.8, 4) is 5.75 Å². The fraction of sp³-hybridized carbons (Fsp3) is 0.579. The standard InChI is InChI=1S/C38H49ClN4O6S/c1-24-7-5-9-33(47-3)30-13-10-28(30)19-42-22-38(16-6-8-26-17-29(39)12-14-31(26)38)23-49-34-15-11-27(18-32(34)42)36(44)40-50(46,21-24)41-37(45)43-20-35(48-4)25(43)2/h5,9,11-12,14-15,17-18,24-25,28,30,33,35H,6-8,10,13,16,19-23H2,1-4H3,(H,40,41,44,45,46)/b9-5+/t24-,25-,28-,30+,33-,35+,38-,50?/m0/s1. The number of nitrogens with zero attached hydrogens (tertiary/aromatic N) is 3. The normalized spacial score (nSPS) is 34.5. The molecule has 1 saturated carbocycles. The lowest BCUT2D eigenvalue weighted by atomic mass is 9.68. The first-order chi connectivity index (χ1) is 24.0. The molecule has 1 saturated heterocycles. The minimum absolute atomic E-state index is 0.0283. The topological polar surface area (TPSA) is 110 Å². The number of halogens is 1. The Kier molecular flexibility index (Phi) is 9.97. The number of urea groups is 1. The first-order valence-corrected chi connectivity index (χ1v) is 20.0. The highest BCUT2D eigenvalue weighted by Gasteiger charge is 2.45. The molecule has 12 heteroatoms. The van der Waals surface area contributed by atoms with E-state index >= 15 is 0 Å². The molecule has 5 aliphatic rings. The number of amides is 3. The van der Waals surface area contributed by atoms with Crippen molar-refractivity contribution in [2.75, 3.05) is 51.1 Å². The highest BCUT2D eigenvalue weighted by atomic mass is 35.5. The van der Waals surface area contributed by atoms with Crippen molar-refractivity contribution in [3.63, 3.8) is 0 Å². The molecule has 7 rings (SSSR count). The number of carbonyl (C=O) groups excluding carboxylic acids is 2. The van der Waals surface area contributed by atoms with Crippen molar-refractivity contribution in [1.29, 1.82) is 0 Å². The van der Waals surface area contributed by atoms with Gasteiger partial charge in [0.25, 0.3) is 5.91 Å². The number of carbonyl (C=O) groups is 2. The second-order valence-electron chi connectivity index (χ2n) is 15.0. The van der Waals surface area contributed by atoms with E-state index in [1.54, 1.807) is 25.2 Å². The Bertz CT molecular complexity index is 1790. The number of benzene rings is 2. The van der Waals surface area contributed by atoms with Gasteiger partial charge in [-0.3, -0.25) is 9.52 Å². The van der Waals surface area contributed by atoms with Crippen LogP contribution >= 0.6 is 11.6 Å². The zero-order chi connectivity index (χ0) is 35.2. The highest BCUT2D eigenvalue weighted by Crippen LogP contribution is 2.47. The second kappa shape index (κ2) is 14.1. The van der Waals surface area contributed by atoms with E-state index in [-0.39, 0.29) is 35.3 Å². The molecule has 2 fully saturated rings. The van der Waals surface area contributed by atoms with E-state index in [4.69, 9.17) is 25.8 Å². The van der Waals surface area contributed by atoms with E-state index in [9.17, 15) is 13.8 Å². The molecule has 0 aromatic heterocycles. The van der Waals surface area contributed by atoms with Crippen molar-refractivity contribution in [3.05, 3.63) is 70.3 Å². The summed E-state index contributed by atoms with van der Waals surface area (Å²) in [5.74, 6) is 0.725. The van der Waals surface area contributed by atoms with Gasteiger partial charge in [-0.15, -0.1) is 4.36 Å². The Labute approximate surface area is 301 Å². The molecule has 2 aliphatic carbocycles. The summed E-state index contributed by atoms with van der Waals surface area (Å²) in [5.41, 5.74) is 3.43. The van der Waals surface area contributed by atoms with E-state index in [0.717, 1.165) is 55.9 Å². The van der Waals surface area contributed by atoms with Crippen LogP contribution in [-0.4, -0.2) is 85.5 Å². The highest BCUT2D eigenvalue weighted by molar-refractivity contribution is 7.92. The monoisotopic (exact) mass is 724 g/mol. The summed E-state index contributed by atoms with van der Waals surface area (Å²) in [6, 6.07) is 10.9. The van der Waals surface area contributed by atoms with Gasteiger partial charge in [0.15, 0.2) is 0 Å². The third-order valence-corrected chi connectivity index (χ3v) is 13.9. The average molecular weight is 725 g/mol. The number of likely N-dealkylation sites (tertiary alicyclic amines) is 1. The number of ether oxygens (including phenoxy) is 3. The van der Waals surface area contributed by atoms with E-state index in [1.165, 1.54) is 11.1 Å². The number of allylic oxidation sites excluding steroid dienone is 1. The molecule has 1 N–H and O–H groups in total. The second-order valence-corrected chi connectivity index (χ2v) is 17.5. The van der Waals surface area contributed by atoms with E-state index in [1.807, 2.05) is 32.0 Å². The van der Waals surface area contributed by atoms with Gasteiger partial charge in [0.1, 0.15) is 15.7 Å². The van der Waals surface area contributed by atoms with E-state index in [0.29, 0.717) is 42.7 Å². The number of anilines is 1. The van der Waals surface area contributed by atoms with Crippen LogP contribution in [0, 0.1) is 17.8 Å². The Morgan fingerprint density at radius 2 is 1.96 bits per heavy atom. The maximum atomic E-state index is 14.5. The van der Waals surface area contributed by atoms with Crippen molar-refractivity contribution in [2.24, 2.45) is 22.1 Å². The summed E-state index contributed by atoms with van der Waals surface area (Å²) in [6.45, 7) is 6.24. The van der Waals surface area contributed by atoms with Crippen LogP contribution in [-0.2, 0) is 31.2 Å². The van der Waals surface area contributed by atoms with Gasteiger partial charge in [0.05, 0.1) is 42.8 Å². The Balaban J connectivity index is 1.28. The van der Waals surface area contributed by atoms with Crippen LogP contribution < -0.4 is 14.4 Å². The van der Waals surface area contributed by atoms with Crippen LogP contribution in [0.2, 0.25) is 5.02 Å². The molecular formula is C38H49ClN4O6S. The molecule has 3 aliphatic heterocycles. The Hall–Kier alpha value is -3.12. The van der Waals surface area contributed by atoms with Crippen LogP contribution in [0.3, 0.4) is 0 Å². The molecule has 2 aromatic carbocycles. The molecule has 1 spiro atoms. The van der Waals surface area contributed by atoms with Crippen LogP contribution in [0.5, 0.6) is 5.75 Å². The van der Waals surface area contributed by atoms with Crippen LogP contribution in [0.15, 0.2) is 52.9 Å². The molecule has 3 heterocycles. The quantitative estimate of drug-likeness (QED) is 0.365. The third-order valence-electron chi connectivity index (χ3n) is 11.7. The number of methoxy groups -OCH3 is 2. The van der Waals surface area contributed by atoms with Gasteiger partial charge >= 0.3 is 6.03 Å². The molecule has 2 bridgehead atoms. The molecule has 270 valence electrons.